The van der Waals surface area contributed by atoms with Crippen molar-refractivity contribution in [3.05, 3.63) is 35.4 Å². The van der Waals surface area contributed by atoms with Crippen LogP contribution in [0.2, 0.25) is 0 Å². The molecular formula is C17H29IN4O2S. The monoisotopic (exact) mass is 480 g/mol. The first kappa shape index (κ1) is 22.2. The highest BCUT2D eigenvalue weighted by Gasteiger charge is 2.11. The standard InChI is InChI=1S/C17H28N4O2S.HI/c1-18-17(19-9-12-24(2,22)23)20-13-15-5-7-16(8-6-15)14-21-10-3-4-11-21;/h5-8H,3-4,9-14H2,1-2H3,(H2,18,19,20);1H. The molecule has 0 unspecified atom stereocenters. The van der Waals surface area contributed by atoms with Crippen molar-refractivity contribution in [1.29, 1.82) is 0 Å². The van der Waals surface area contributed by atoms with Gasteiger partial charge in [-0.25, -0.2) is 8.42 Å². The average molecular weight is 480 g/mol. The van der Waals surface area contributed by atoms with Crippen molar-refractivity contribution in [1.82, 2.24) is 15.5 Å². The second-order valence-electron chi connectivity index (χ2n) is 6.28. The quantitative estimate of drug-likeness (QED) is 0.353. The molecule has 1 heterocycles. The molecule has 0 atom stereocenters. The minimum Gasteiger partial charge on any atom is -0.355 e. The second kappa shape index (κ2) is 11.0. The van der Waals surface area contributed by atoms with E-state index in [0.717, 1.165) is 6.54 Å². The second-order valence-corrected chi connectivity index (χ2v) is 8.54. The molecule has 142 valence electrons. The fourth-order valence-corrected chi connectivity index (χ4v) is 3.20. The molecule has 1 aliphatic heterocycles. The molecule has 25 heavy (non-hydrogen) atoms. The first-order valence-corrected chi connectivity index (χ1v) is 10.4. The van der Waals surface area contributed by atoms with Crippen LogP contribution in [-0.2, 0) is 22.9 Å². The molecular weight excluding hydrogens is 451 g/mol. The Bertz CT molecular complexity index is 641. The molecule has 1 aromatic rings. The van der Waals surface area contributed by atoms with Crippen molar-refractivity contribution in [3.8, 4) is 0 Å². The zero-order valence-corrected chi connectivity index (χ0v) is 18.1. The molecule has 1 aromatic carbocycles. The summed E-state index contributed by atoms with van der Waals surface area (Å²) in [5.41, 5.74) is 2.52. The Morgan fingerprint density at radius 2 is 1.72 bits per heavy atom. The molecule has 0 saturated carbocycles. The summed E-state index contributed by atoms with van der Waals surface area (Å²) in [4.78, 5) is 6.59. The molecule has 2 rings (SSSR count). The van der Waals surface area contributed by atoms with E-state index in [1.165, 1.54) is 43.3 Å². The summed E-state index contributed by atoms with van der Waals surface area (Å²) < 4.78 is 22.3. The van der Waals surface area contributed by atoms with Crippen molar-refractivity contribution < 1.29 is 8.42 Å². The van der Waals surface area contributed by atoms with Gasteiger partial charge in [0.15, 0.2) is 5.96 Å². The number of hydrogen-bond donors (Lipinski definition) is 2. The lowest BCUT2D eigenvalue weighted by molar-refractivity contribution is 0.331. The third-order valence-corrected chi connectivity index (χ3v) is 5.02. The summed E-state index contributed by atoms with van der Waals surface area (Å²) in [5.74, 6) is 0.707. The summed E-state index contributed by atoms with van der Waals surface area (Å²) in [6.45, 7) is 4.45. The molecule has 0 aromatic heterocycles. The van der Waals surface area contributed by atoms with E-state index in [4.69, 9.17) is 0 Å². The minimum atomic E-state index is -2.96. The lowest BCUT2D eigenvalue weighted by atomic mass is 10.1. The Morgan fingerprint density at radius 3 is 2.28 bits per heavy atom. The van der Waals surface area contributed by atoms with Crippen molar-refractivity contribution in [3.63, 3.8) is 0 Å². The molecule has 0 radical (unpaired) electrons. The summed E-state index contributed by atoms with van der Waals surface area (Å²) in [6, 6.07) is 8.61. The Labute approximate surface area is 168 Å². The number of guanidine groups is 1. The van der Waals surface area contributed by atoms with Gasteiger partial charge < -0.3 is 10.6 Å². The molecule has 6 nitrogen and oxygen atoms in total. The predicted octanol–water partition coefficient (Wildman–Crippen LogP) is 1.61. The summed E-state index contributed by atoms with van der Waals surface area (Å²) in [5, 5.41) is 6.21. The molecule has 0 spiro atoms. The molecule has 1 aliphatic rings. The average Bonchev–Trinajstić information content (AvgIpc) is 3.04. The summed E-state index contributed by atoms with van der Waals surface area (Å²) >= 11 is 0. The summed E-state index contributed by atoms with van der Waals surface area (Å²) in [7, 11) is -1.28. The van der Waals surface area contributed by atoms with Crippen molar-refractivity contribution in [2.24, 2.45) is 4.99 Å². The number of nitrogens with zero attached hydrogens (tertiary/aromatic N) is 2. The number of aliphatic imine (C=N–C) groups is 1. The minimum absolute atomic E-state index is 0. The zero-order valence-electron chi connectivity index (χ0n) is 15.0. The highest BCUT2D eigenvalue weighted by atomic mass is 127. The van der Waals surface area contributed by atoms with Crippen LogP contribution in [0, 0.1) is 0 Å². The van der Waals surface area contributed by atoms with Gasteiger partial charge in [0.1, 0.15) is 9.84 Å². The molecule has 0 bridgehead atoms. The fourth-order valence-electron chi connectivity index (χ4n) is 2.72. The van der Waals surface area contributed by atoms with Crippen LogP contribution in [0.4, 0.5) is 0 Å². The number of hydrogen-bond acceptors (Lipinski definition) is 4. The zero-order chi connectivity index (χ0) is 17.4. The van der Waals surface area contributed by atoms with Gasteiger partial charge in [0.2, 0.25) is 0 Å². The van der Waals surface area contributed by atoms with E-state index >= 15 is 0 Å². The normalized spacial score (nSPS) is 15.7. The third-order valence-electron chi connectivity index (χ3n) is 4.08. The van der Waals surface area contributed by atoms with Crippen LogP contribution in [0.15, 0.2) is 29.3 Å². The Kier molecular flexibility index (Phi) is 9.73. The van der Waals surface area contributed by atoms with Gasteiger partial charge >= 0.3 is 0 Å². The van der Waals surface area contributed by atoms with Gasteiger partial charge in [-0.1, -0.05) is 24.3 Å². The van der Waals surface area contributed by atoms with E-state index in [0.29, 0.717) is 19.0 Å². The van der Waals surface area contributed by atoms with Gasteiger partial charge in [0.25, 0.3) is 0 Å². The Balaban J connectivity index is 0.00000312. The van der Waals surface area contributed by atoms with Gasteiger partial charge in [0.05, 0.1) is 5.75 Å². The largest absolute Gasteiger partial charge is 0.355 e. The number of benzene rings is 1. The highest BCUT2D eigenvalue weighted by Crippen LogP contribution is 2.13. The molecule has 0 amide bonds. The Hall–Kier alpha value is -0.870. The van der Waals surface area contributed by atoms with E-state index in [9.17, 15) is 8.42 Å². The summed E-state index contributed by atoms with van der Waals surface area (Å²) in [6.07, 6.45) is 3.86. The van der Waals surface area contributed by atoms with E-state index < -0.39 is 9.84 Å². The van der Waals surface area contributed by atoms with Crippen LogP contribution in [-0.4, -0.2) is 58.0 Å². The smallest absolute Gasteiger partial charge is 0.191 e. The maximum Gasteiger partial charge on any atom is 0.191 e. The van der Waals surface area contributed by atoms with Crippen LogP contribution in [0.5, 0.6) is 0 Å². The molecule has 1 fully saturated rings. The van der Waals surface area contributed by atoms with Crippen LogP contribution in [0.25, 0.3) is 0 Å². The number of nitrogens with one attached hydrogen (secondary N) is 2. The van der Waals surface area contributed by atoms with Crippen LogP contribution in [0.1, 0.15) is 24.0 Å². The van der Waals surface area contributed by atoms with E-state index in [2.05, 4.69) is 44.8 Å². The van der Waals surface area contributed by atoms with Crippen LogP contribution >= 0.6 is 24.0 Å². The lowest BCUT2D eigenvalue weighted by Gasteiger charge is -2.15. The van der Waals surface area contributed by atoms with Gasteiger partial charge in [-0.3, -0.25) is 9.89 Å². The van der Waals surface area contributed by atoms with E-state index in [1.807, 2.05) is 0 Å². The van der Waals surface area contributed by atoms with Gasteiger partial charge in [-0.05, 0) is 37.1 Å². The van der Waals surface area contributed by atoms with Crippen molar-refractivity contribution >= 4 is 39.8 Å². The number of sulfone groups is 1. The van der Waals surface area contributed by atoms with E-state index in [-0.39, 0.29) is 29.7 Å². The van der Waals surface area contributed by atoms with Crippen LogP contribution in [0.3, 0.4) is 0 Å². The first-order valence-electron chi connectivity index (χ1n) is 8.39. The molecule has 8 heteroatoms. The number of rotatable bonds is 7. The SMILES string of the molecule is CN=C(NCCS(C)(=O)=O)NCc1ccc(CN2CCCC2)cc1.I. The van der Waals surface area contributed by atoms with Crippen molar-refractivity contribution in [2.45, 2.75) is 25.9 Å². The van der Waals surface area contributed by atoms with Gasteiger partial charge in [-0.2, -0.15) is 0 Å². The fraction of sp³-hybridized carbons (Fsp3) is 0.588. The third kappa shape index (κ3) is 8.87. The maximum absolute atomic E-state index is 11.1. The molecule has 1 saturated heterocycles. The molecule has 2 N–H and O–H groups in total. The van der Waals surface area contributed by atoms with Crippen molar-refractivity contribution in [2.75, 3.05) is 38.7 Å². The molecule has 0 aliphatic carbocycles. The Morgan fingerprint density at radius 1 is 1.12 bits per heavy atom. The topological polar surface area (TPSA) is 73.8 Å². The number of likely N-dealkylation sites (tertiary alicyclic amines) is 1. The highest BCUT2D eigenvalue weighted by molar-refractivity contribution is 14.0. The predicted molar refractivity (Wildman–Crippen MR) is 114 cm³/mol. The van der Waals surface area contributed by atoms with Gasteiger partial charge in [-0.15, -0.1) is 24.0 Å². The van der Waals surface area contributed by atoms with E-state index in [1.54, 1.807) is 7.05 Å². The number of halogens is 1. The first-order chi connectivity index (χ1) is 11.5. The van der Waals surface area contributed by atoms with Gasteiger partial charge in [0, 0.05) is 32.9 Å². The lowest BCUT2D eigenvalue weighted by Crippen LogP contribution is -2.39. The van der Waals surface area contributed by atoms with Crippen LogP contribution < -0.4 is 10.6 Å². The maximum atomic E-state index is 11.1.